The van der Waals surface area contributed by atoms with Gasteiger partial charge in [0.25, 0.3) is 5.91 Å². The Bertz CT molecular complexity index is 1050. The first kappa shape index (κ1) is 22.3. The molecule has 2 atom stereocenters. The van der Waals surface area contributed by atoms with Crippen molar-refractivity contribution in [2.45, 2.75) is 31.8 Å². The fraction of sp³-hybridized carbons (Fsp3) is 0.318. The number of rotatable bonds is 6. The van der Waals surface area contributed by atoms with Gasteiger partial charge in [-0.3, -0.25) is 4.79 Å². The Balaban J connectivity index is 1.71. The van der Waals surface area contributed by atoms with E-state index in [1.54, 1.807) is 25.1 Å². The Morgan fingerprint density at radius 3 is 2.60 bits per heavy atom. The lowest BCUT2D eigenvalue weighted by Crippen LogP contribution is -2.31. The molecular weight excluding hydrogens is 427 g/mol. The number of carbonyl (C=O) groups excluding carboxylic acids is 1. The summed E-state index contributed by atoms with van der Waals surface area (Å²) in [6, 6.07) is 11.3. The normalized spacial score (nSPS) is 18.0. The van der Waals surface area contributed by atoms with E-state index in [-0.39, 0.29) is 17.8 Å². The molecule has 0 saturated carbocycles. The molecule has 1 aliphatic rings. The van der Waals surface area contributed by atoms with Crippen molar-refractivity contribution in [2.75, 3.05) is 17.7 Å². The molecule has 30 heavy (non-hydrogen) atoms. The molecule has 0 spiro atoms. The maximum Gasteiger partial charge on any atom is 0.251 e. The highest BCUT2D eigenvalue weighted by Crippen LogP contribution is 2.39. The second kappa shape index (κ2) is 9.18. The topological polar surface area (TPSA) is 66.5 Å². The molecule has 1 aliphatic heterocycles. The van der Waals surface area contributed by atoms with Crippen molar-refractivity contribution in [3.05, 3.63) is 75.9 Å². The van der Waals surface area contributed by atoms with Crippen LogP contribution in [0.2, 0.25) is 5.02 Å². The summed E-state index contributed by atoms with van der Waals surface area (Å²) in [6.45, 7) is 2.55. The average molecular weight is 451 g/mol. The number of carbonyl (C=O) groups is 1. The van der Waals surface area contributed by atoms with Crippen LogP contribution in [0.4, 0.5) is 10.1 Å². The zero-order chi connectivity index (χ0) is 21.9. The van der Waals surface area contributed by atoms with Gasteiger partial charge in [-0.2, -0.15) is 0 Å². The first-order chi connectivity index (χ1) is 14.1. The molecule has 1 unspecified atom stereocenters. The number of sulfone groups is 1. The molecule has 0 aliphatic carbocycles. The highest BCUT2D eigenvalue weighted by molar-refractivity contribution is 7.93. The average Bonchev–Trinajstić information content (AvgIpc) is 3.15. The molecule has 0 bridgehead atoms. The molecule has 160 valence electrons. The fourth-order valence-corrected chi connectivity index (χ4v) is 4.39. The molecule has 1 fully saturated rings. The number of amides is 1. The Morgan fingerprint density at radius 1 is 1.27 bits per heavy atom. The number of hydrogen-bond acceptors (Lipinski definition) is 4. The molecule has 0 radical (unpaired) electrons. The van der Waals surface area contributed by atoms with Crippen LogP contribution in [0.5, 0.6) is 0 Å². The van der Waals surface area contributed by atoms with E-state index in [2.05, 4.69) is 10.2 Å². The van der Waals surface area contributed by atoms with Crippen molar-refractivity contribution in [3.8, 4) is 0 Å². The highest BCUT2D eigenvalue weighted by Gasteiger charge is 2.28. The summed E-state index contributed by atoms with van der Waals surface area (Å²) in [5.41, 5.74) is 2.33. The van der Waals surface area contributed by atoms with Gasteiger partial charge in [-0.1, -0.05) is 23.7 Å². The Hall–Kier alpha value is -2.38. The van der Waals surface area contributed by atoms with E-state index < -0.39 is 15.9 Å². The second-order valence-corrected chi connectivity index (χ2v) is 9.82. The third-order valence-electron chi connectivity index (χ3n) is 5.01. The zero-order valence-corrected chi connectivity index (χ0v) is 18.4. The van der Waals surface area contributed by atoms with E-state index in [4.69, 9.17) is 11.6 Å². The molecule has 5 nitrogen and oxygen atoms in total. The monoisotopic (exact) mass is 450 g/mol. The largest absolute Gasteiger partial charge is 0.364 e. The van der Waals surface area contributed by atoms with Crippen LogP contribution < -0.4 is 10.2 Å². The molecule has 1 saturated heterocycles. The van der Waals surface area contributed by atoms with Gasteiger partial charge in [0, 0.05) is 40.5 Å². The molecule has 0 aromatic heterocycles. The molecule has 2 aromatic carbocycles. The molecule has 3 rings (SSSR count). The van der Waals surface area contributed by atoms with Crippen molar-refractivity contribution in [1.82, 2.24) is 5.32 Å². The summed E-state index contributed by atoms with van der Waals surface area (Å²) in [5, 5.41) is 4.24. The van der Waals surface area contributed by atoms with Gasteiger partial charge in [0.1, 0.15) is 5.82 Å². The first-order valence-corrected chi connectivity index (χ1v) is 12.0. The quantitative estimate of drug-likeness (QED) is 0.703. The van der Waals surface area contributed by atoms with Gasteiger partial charge in [0.15, 0.2) is 9.84 Å². The third kappa shape index (κ3) is 5.61. The van der Waals surface area contributed by atoms with Gasteiger partial charge in [-0.25, -0.2) is 12.8 Å². The van der Waals surface area contributed by atoms with E-state index >= 15 is 0 Å². The summed E-state index contributed by atoms with van der Waals surface area (Å²) in [7, 11) is -3.24. The van der Waals surface area contributed by atoms with Crippen LogP contribution in [0.3, 0.4) is 0 Å². The maximum atomic E-state index is 13.4. The molecule has 2 aromatic rings. The van der Waals surface area contributed by atoms with Crippen molar-refractivity contribution in [1.29, 1.82) is 0 Å². The highest BCUT2D eigenvalue weighted by atomic mass is 35.5. The Labute approximate surface area is 181 Å². The smallest absolute Gasteiger partial charge is 0.251 e. The maximum absolute atomic E-state index is 13.4. The van der Waals surface area contributed by atoms with Crippen molar-refractivity contribution >= 4 is 33.0 Å². The van der Waals surface area contributed by atoms with E-state index in [1.165, 1.54) is 18.2 Å². The van der Waals surface area contributed by atoms with Gasteiger partial charge >= 0.3 is 0 Å². The summed E-state index contributed by atoms with van der Waals surface area (Å²) in [4.78, 5) is 14.6. The van der Waals surface area contributed by atoms with Crippen LogP contribution in [0.25, 0.3) is 0 Å². The van der Waals surface area contributed by atoms with Crippen molar-refractivity contribution in [2.24, 2.45) is 0 Å². The summed E-state index contributed by atoms with van der Waals surface area (Å²) in [6.07, 6.45) is 4.44. The number of nitrogens with one attached hydrogen (secondary N) is 1. The molecular formula is C22H24ClFN2O3S. The molecule has 1 N–H and O–H groups in total. The van der Waals surface area contributed by atoms with E-state index in [0.29, 0.717) is 10.6 Å². The summed E-state index contributed by atoms with van der Waals surface area (Å²) >= 11 is 6.27. The lowest BCUT2D eigenvalue weighted by atomic mass is 10.0. The minimum atomic E-state index is -3.24. The number of halogens is 2. The summed E-state index contributed by atoms with van der Waals surface area (Å²) < 4.78 is 35.8. The third-order valence-corrected chi connectivity index (χ3v) is 5.99. The standard InChI is InChI=1S/C22H24ClFN2O3S/c1-15(11-13-30(2,28)29)25-22(27)16-5-8-18(9-6-16)26-12-3-4-21(26)19-10-7-17(24)14-20(19)23/h5-11,13-15,21H,3-4,12H2,1-2H3,(H,25,27)/b13-11+/t15-,21?/m1/s1. The van der Waals surface area contributed by atoms with Gasteiger partial charge in [-0.15, -0.1) is 0 Å². The molecule has 1 heterocycles. The fourth-order valence-electron chi connectivity index (χ4n) is 3.57. The van der Waals surface area contributed by atoms with Crippen molar-refractivity contribution in [3.63, 3.8) is 0 Å². The Morgan fingerprint density at radius 2 is 1.97 bits per heavy atom. The van der Waals surface area contributed by atoms with Crippen LogP contribution in [0.1, 0.15) is 41.7 Å². The first-order valence-electron chi connectivity index (χ1n) is 9.65. The van der Waals surface area contributed by atoms with E-state index in [0.717, 1.165) is 42.3 Å². The Kier molecular flexibility index (Phi) is 6.83. The lowest BCUT2D eigenvalue weighted by molar-refractivity contribution is 0.0947. The number of benzene rings is 2. The lowest BCUT2D eigenvalue weighted by Gasteiger charge is -2.28. The zero-order valence-electron chi connectivity index (χ0n) is 16.8. The van der Waals surface area contributed by atoms with Gasteiger partial charge < -0.3 is 10.2 Å². The van der Waals surface area contributed by atoms with Crippen molar-refractivity contribution < 1.29 is 17.6 Å². The number of nitrogens with zero attached hydrogens (tertiary/aromatic N) is 1. The van der Waals surface area contributed by atoms with Gasteiger partial charge in [0.2, 0.25) is 0 Å². The van der Waals surface area contributed by atoms with Crippen LogP contribution in [0, 0.1) is 5.82 Å². The van der Waals surface area contributed by atoms with Crippen LogP contribution in [-0.2, 0) is 9.84 Å². The number of hydrogen-bond donors (Lipinski definition) is 1. The minimum Gasteiger partial charge on any atom is -0.364 e. The van der Waals surface area contributed by atoms with E-state index in [9.17, 15) is 17.6 Å². The predicted molar refractivity (Wildman–Crippen MR) is 118 cm³/mol. The van der Waals surface area contributed by atoms with E-state index in [1.807, 2.05) is 12.1 Å². The summed E-state index contributed by atoms with van der Waals surface area (Å²) in [5.74, 6) is -0.643. The van der Waals surface area contributed by atoms with Crippen LogP contribution >= 0.6 is 11.6 Å². The van der Waals surface area contributed by atoms with Crippen LogP contribution in [-0.4, -0.2) is 33.2 Å². The van der Waals surface area contributed by atoms with Gasteiger partial charge in [-0.05, 0) is 61.7 Å². The number of anilines is 1. The molecule has 1 amide bonds. The minimum absolute atomic E-state index is 0.0546. The molecule has 8 heteroatoms. The second-order valence-electron chi connectivity index (χ2n) is 7.48. The SMILES string of the molecule is C[C@H](/C=C/S(C)(=O)=O)NC(=O)c1ccc(N2CCCC2c2ccc(F)cc2Cl)cc1. The van der Waals surface area contributed by atoms with Gasteiger partial charge in [0.05, 0.1) is 6.04 Å². The predicted octanol–water partition coefficient (Wildman–Crippen LogP) is 4.50. The van der Waals surface area contributed by atoms with Crippen LogP contribution in [0.15, 0.2) is 53.9 Å².